The zero-order valence-corrected chi connectivity index (χ0v) is 15.3. The number of benzene rings is 2. The van der Waals surface area contributed by atoms with E-state index in [9.17, 15) is 4.79 Å². The lowest BCUT2D eigenvalue weighted by molar-refractivity contribution is -0.173. The van der Waals surface area contributed by atoms with Crippen LogP contribution in [0, 0.1) is 0 Å². The zero-order valence-electron chi connectivity index (χ0n) is 13.7. The highest BCUT2D eigenvalue weighted by Gasteiger charge is 2.09. The van der Waals surface area contributed by atoms with Gasteiger partial charge in [-0.1, -0.05) is 46.3 Å². The van der Waals surface area contributed by atoms with Crippen molar-refractivity contribution >= 4 is 21.8 Å². The lowest BCUT2D eigenvalue weighted by atomic mass is 10.2. The van der Waals surface area contributed by atoms with E-state index in [4.69, 9.17) is 14.3 Å². The Kier molecular flexibility index (Phi) is 7.24. The van der Waals surface area contributed by atoms with E-state index in [0.717, 1.165) is 26.4 Å². The summed E-state index contributed by atoms with van der Waals surface area (Å²) in [5, 5.41) is 1.13. The Balaban J connectivity index is 1.89. The number of halogens is 1. The van der Waals surface area contributed by atoms with E-state index in [2.05, 4.69) is 15.9 Å². The minimum absolute atomic E-state index is 0.0497. The standard InChI is InChI=1S/C18H20BrNO4/c1-20(22-2)18(21)13-23-12-15-10-16(8-9-17(15)19)24-11-14-6-4-3-5-7-14/h3-10H,11-13H2,1-2H3. The molecule has 0 aliphatic rings. The highest BCUT2D eigenvalue weighted by Crippen LogP contribution is 2.24. The molecular weight excluding hydrogens is 374 g/mol. The summed E-state index contributed by atoms with van der Waals surface area (Å²) in [5.41, 5.74) is 2.01. The van der Waals surface area contributed by atoms with Gasteiger partial charge in [-0.15, -0.1) is 0 Å². The number of hydroxylamine groups is 2. The second kappa shape index (κ2) is 9.42. The van der Waals surface area contributed by atoms with Crippen molar-refractivity contribution in [1.29, 1.82) is 0 Å². The molecule has 0 bridgehead atoms. The van der Waals surface area contributed by atoms with Crippen molar-refractivity contribution in [2.45, 2.75) is 13.2 Å². The first-order valence-corrected chi connectivity index (χ1v) is 8.23. The van der Waals surface area contributed by atoms with Crippen molar-refractivity contribution in [2.24, 2.45) is 0 Å². The van der Waals surface area contributed by atoms with E-state index in [0.29, 0.717) is 13.2 Å². The highest BCUT2D eigenvalue weighted by molar-refractivity contribution is 9.10. The van der Waals surface area contributed by atoms with Crippen LogP contribution >= 0.6 is 15.9 Å². The van der Waals surface area contributed by atoms with Gasteiger partial charge in [-0.2, -0.15) is 0 Å². The zero-order chi connectivity index (χ0) is 17.4. The number of nitrogens with zero attached hydrogens (tertiary/aromatic N) is 1. The largest absolute Gasteiger partial charge is 0.489 e. The van der Waals surface area contributed by atoms with Gasteiger partial charge in [0.1, 0.15) is 19.0 Å². The average Bonchev–Trinajstić information content (AvgIpc) is 2.62. The molecule has 0 aliphatic carbocycles. The van der Waals surface area contributed by atoms with Gasteiger partial charge in [0.2, 0.25) is 0 Å². The summed E-state index contributed by atoms with van der Waals surface area (Å²) in [4.78, 5) is 16.4. The highest BCUT2D eigenvalue weighted by atomic mass is 79.9. The van der Waals surface area contributed by atoms with Gasteiger partial charge in [0.25, 0.3) is 5.91 Å². The van der Waals surface area contributed by atoms with Crippen molar-refractivity contribution in [3.8, 4) is 5.75 Å². The van der Waals surface area contributed by atoms with Gasteiger partial charge in [-0.3, -0.25) is 9.63 Å². The normalized spacial score (nSPS) is 10.5. The van der Waals surface area contributed by atoms with E-state index in [-0.39, 0.29) is 12.5 Å². The topological polar surface area (TPSA) is 48.0 Å². The Hall–Kier alpha value is -1.89. The Morgan fingerprint density at radius 1 is 1.12 bits per heavy atom. The smallest absolute Gasteiger partial charge is 0.271 e. The number of rotatable bonds is 8. The minimum atomic E-state index is -0.245. The molecule has 0 radical (unpaired) electrons. The maximum Gasteiger partial charge on any atom is 0.271 e. The molecule has 0 aromatic heterocycles. The van der Waals surface area contributed by atoms with Crippen LogP contribution in [0.1, 0.15) is 11.1 Å². The van der Waals surface area contributed by atoms with Gasteiger partial charge in [-0.05, 0) is 29.3 Å². The molecule has 0 aliphatic heterocycles. The minimum Gasteiger partial charge on any atom is -0.489 e. The van der Waals surface area contributed by atoms with Crippen molar-refractivity contribution < 1.29 is 19.1 Å². The third-order valence-corrected chi connectivity index (χ3v) is 4.15. The fourth-order valence-electron chi connectivity index (χ4n) is 1.93. The molecule has 5 nitrogen and oxygen atoms in total. The summed E-state index contributed by atoms with van der Waals surface area (Å²) in [7, 11) is 2.97. The number of likely N-dealkylation sites (N-methyl/N-ethyl adjacent to an activating group) is 1. The van der Waals surface area contributed by atoms with Crippen LogP contribution in [0.15, 0.2) is 53.0 Å². The first-order chi connectivity index (χ1) is 11.6. The first kappa shape index (κ1) is 18.4. The van der Waals surface area contributed by atoms with E-state index < -0.39 is 0 Å². The number of hydrogen-bond acceptors (Lipinski definition) is 4. The maximum atomic E-state index is 11.6. The Labute approximate surface area is 150 Å². The second-order valence-corrected chi connectivity index (χ2v) is 5.95. The molecule has 2 aromatic rings. The lowest BCUT2D eigenvalue weighted by Gasteiger charge is -2.14. The molecule has 0 unspecified atom stereocenters. The van der Waals surface area contributed by atoms with E-state index >= 15 is 0 Å². The summed E-state index contributed by atoms with van der Waals surface area (Å²) in [6, 6.07) is 15.7. The van der Waals surface area contributed by atoms with Gasteiger partial charge in [0.05, 0.1) is 13.7 Å². The van der Waals surface area contributed by atoms with Gasteiger partial charge in [0.15, 0.2) is 0 Å². The summed E-state index contributed by atoms with van der Waals surface area (Å²) in [5.74, 6) is 0.506. The van der Waals surface area contributed by atoms with E-state index in [1.54, 1.807) is 7.05 Å². The summed E-state index contributed by atoms with van der Waals surface area (Å²) >= 11 is 3.48. The molecule has 0 fully saturated rings. The van der Waals surface area contributed by atoms with Crippen molar-refractivity contribution in [1.82, 2.24) is 5.06 Å². The van der Waals surface area contributed by atoms with Gasteiger partial charge >= 0.3 is 0 Å². The summed E-state index contributed by atoms with van der Waals surface area (Å²) in [6.45, 7) is 0.748. The Morgan fingerprint density at radius 2 is 1.88 bits per heavy atom. The first-order valence-electron chi connectivity index (χ1n) is 7.43. The van der Waals surface area contributed by atoms with Crippen LogP contribution in [-0.2, 0) is 27.6 Å². The average molecular weight is 394 g/mol. The van der Waals surface area contributed by atoms with Crippen LogP contribution in [0.2, 0.25) is 0 Å². The molecule has 128 valence electrons. The van der Waals surface area contributed by atoms with Crippen LogP contribution in [0.3, 0.4) is 0 Å². The molecule has 6 heteroatoms. The Bertz CT molecular complexity index is 663. The fraction of sp³-hybridized carbons (Fsp3) is 0.278. The quantitative estimate of drug-likeness (QED) is 0.643. The van der Waals surface area contributed by atoms with Gasteiger partial charge in [0, 0.05) is 11.5 Å². The van der Waals surface area contributed by atoms with E-state index in [1.807, 2.05) is 48.5 Å². The van der Waals surface area contributed by atoms with Crippen LogP contribution in [0.25, 0.3) is 0 Å². The molecule has 0 saturated carbocycles. The lowest BCUT2D eigenvalue weighted by Crippen LogP contribution is -2.29. The molecule has 24 heavy (non-hydrogen) atoms. The molecule has 1 amide bonds. The van der Waals surface area contributed by atoms with Crippen molar-refractivity contribution in [2.75, 3.05) is 20.8 Å². The fourth-order valence-corrected chi connectivity index (χ4v) is 2.29. The molecule has 2 rings (SSSR count). The predicted octanol–water partition coefficient (Wildman–Crippen LogP) is 3.56. The number of amides is 1. The third kappa shape index (κ3) is 5.63. The van der Waals surface area contributed by atoms with Crippen LogP contribution in [0.4, 0.5) is 0 Å². The molecule has 0 atom stereocenters. The van der Waals surface area contributed by atoms with Gasteiger partial charge in [-0.25, -0.2) is 5.06 Å². The van der Waals surface area contributed by atoms with Crippen LogP contribution < -0.4 is 4.74 Å². The SMILES string of the molecule is CON(C)C(=O)COCc1cc(OCc2ccccc2)ccc1Br. The number of carbonyl (C=O) groups is 1. The monoisotopic (exact) mass is 393 g/mol. The second-order valence-electron chi connectivity index (χ2n) is 5.09. The number of hydrogen-bond donors (Lipinski definition) is 0. The molecular formula is C18H20BrNO4. The van der Waals surface area contributed by atoms with Crippen LogP contribution in [0.5, 0.6) is 5.75 Å². The van der Waals surface area contributed by atoms with Crippen LogP contribution in [-0.4, -0.2) is 31.7 Å². The molecule has 0 saturated heterocycles. The number of ether oxygens (including phenoxy) is 2. The van der Waals surface area contributed by atoms with Crippen molar-refractivity contribution in [3.63, 3.8) is 0 Å². The maximum absolute atomic E-state index is 11.6. The molecule has 0 N–H and O–H groups in total. The molecule has 0 heterocycles. The summed E-state index contributed by atoms with van der Waals surface area (Å²) < 4.78 is 12.2. The predicted molar refractivity (Wildman–Crippen MR) is 94.4 cm³/mol. The number of carbonyl (C=O) groups excluding carboxylic acids is 1. The molecule has 2 aromatic carbocycles. The third-order valence-electron chi connectivity index (χ3n) is 3.37. The van der Waals surface area contributed by atoms with Gasteiger partial charge < -0.3 is 9.47 Å². The van der Waals surface area contributed by atoms with E-state index in [1.165, 1.54) is 7.11 Å². The van der Waals surface area contributed by atoms with Crippen molar-refractivity contribution in [3.05, 3.63) is 64.1 Å². The molecule has 0 spiro atoms. The Morgan fingerprint density at radius 3 is 2.58 bits per heavy atom. The summed E-state index contributed by atoms with van der Waals surface area (Å²) in [6.07, 6.45) is 0.